The summed E-state index contributed by atoms with van der Waals surface area (Å²) in [6.07, 6.45) is 3.30. The number of hydrogen-bond acceptors (Lipinski definition) is 9. The third kappa shape index (κ3) is 4.66. The van der Waals surface area contributed by atoms with E-state index < -0.39 is 5.92 Å². The topological polar surface area (TPSA) is 157 Å². The van der Waals surface area contributed by atoms with Gasteiger partial charge in [-0.1, -0.05) is 18.2 Å². The molecule has 9 nitrogen and oxygen atoms in total. The number of fused-ring (bicyclic) bond motifs is 1. The van der Waals surface area contributed by atoms with Crippen LogP contribution in [0.3, 0.4) is 0 Å². The molecule has 0 saturated carbocycles. The van der Waals surface area contributed by atoms with Gasteiger partial charge in [-0.3, -0.25) is 0 Å². The second-order valence-electron chi connectivity index (χ2n) is 7.37. The Balaban J connectivity index is 1.97. The van der Waals surface area contributed by atoms with Crippen molar-refractivity contribution in [1.82, 2.24) is 15.0 Å². The molecular weight excluding hydrogens is 392 g/mol. The van der Waals surface area contributed by atoms with Crippen molar-refractivity contribution in [2.75, 3.05) is 11.1 Å². The van der Waals surface area contributed by atoms with Crippen molar-refractivity contribution in [3.8, 4) is 5.88 Å². The van der Waals surface area contributed by atoms with Crippen LogP contribution in [0.15, 0.2) is 30.6 Å². The van der Waals surface area contributed by atoms with Gasteiger partial charge in [0.15, 0.2) is 0 Å². The molecule has 0 saturated heterocycles. The maximum atomic E-state index is 8.36. The molecule has 0 aliphatic carbocycles. The quantitative estimate of drug-likeness (QED) is 0.334. The van der Waals surface area contributed by atoms with Crippen LogP contribution in [-0.2, 0) is 6.54 Å². The molecule has 2 aromatic heterocycles. The van der Waals surface area contributed by atoms with Crippen LogP contribution in [0, 0.1) is 29.1 Å². The SMILES string of the molecule is Cc1cccc2cc(CNc3ncnc(N)c3C(=N)C(C=N)C=N)nc(OC(C)C)c12. The van der Waals surface area contributed by atoms with Crippen LogP contribution in [0.1, 0.15) is 30.7 Å². The lowest BCUT2D eigenvalue weighted by atomic mass is 9.99. The van der Waals surface area contributed by atoms with Crippen molar-refractivity contribution in [3.63, 3.8) is 0 Å². The highest BCUT2D eigenvalue weighted by Gasteiger charge is 2.20. The lowest BCUT2D eigenvalue weighted by Gasteiger charge is -2.17. The maximum absolute atomic E-state index is 8.36. The van der Waals surface area contributed by atoms with E-state index in [1.165, 1.54) is 6.33 Å². The molecule has 0 radical (unpaired) electrons. The molecule has 0 aliphatic heterocycles. The molecule has 3 rings (SSSR count). The molecule has 6 N–H and O–H groups in total. The number of aryl methyl sites for hydroxylation is 1. The molecule has 9 heteroatoms. The van der Waals surface area contributed by atoms with Crippen LogP contribution >= 0.6 is 0 Å². The summed E-state index contributed by atoms with van der Waals surface area (Å²) < 4.78 is 5.97. The zero-order chi connectivity index (χ0) is 22.5. The van der Waals surface area contributed by atoms with E-state index >= 15 is 0 Å². The first-order valence-electron chi connectivity index (χ1n) is 9.86. The first-order chi connectivity index (χ1) is 14.8. The number of nitrogens with one attached hydrogen (secondary N) is 4. The summed E-state index contributed by atoms with van der Waals surface area (Å²) in [4.78, 5) is 12.9. The molecule has 0 amide bonds. The number of pyridine rings is 1. The fourth-order valence-corrected chi connectivity index (χ4v) is 3.25. The van der Waals surface area contributed by atoms with E-state index in [4.69, 9.17) is 31.7 Å². The Morgan fingerprint density at radius 2 is 1.97 bits per heavy atom. The summed E-state index contributed by atoms with van der Waals surface area (Å²) in [6, 6.07) is 8.02. The summed E-state index contributed by atoms with van der Waals surface area (Å²) in [7, 11) is 0. The Morgan fingerprint density at radius 1 is 1.23 bits per heavy atom. The van der Waals surface area contributed by atoms with Crippen molar-refractivity contribution in [1.29, 1.82) is 16.2 Å². The third-order valence-electron chi connectivity index (χ3n) is 4.71. The van der Waals surface area contributed by atoms with Crippen LogP contribution in [0.4, 0.5) is 11.6 Å². The van der Waals surface area contributed by atoms with Crippen molar-refractivity contribution < 1.29 is 4.74 Å². The van der Waals surface area contributed by atoms with Gasteiger partial charge in [0.05, 0.1) is 35.5 Å². The number of benzene rings is 1. The number of nitrogen functional groups attached to an aromatic ring is 1. The van der Waals surface area contributed by atoms with Gasteiger partial charge < -0.3 is 32.0 Å². The molecule has 31 heavy (non-hydrogen) atoms. The first kappa shape index (κ1) is 21.8. The normalized spacial score (nSPS) is 11.9. The lowest BCUT2D eigenvalue weighted by Crippen LogP contribution is -2.21. The fraction of sp³-hybridized carbons (Fsp3) is 0.273. The van der Waals surface area contributed by atoms with E-state index in [1.54, 1.807) is 0 Å². The minimum atomic E-state index is -0.804. The number of rotatable bonds is 9. The Kier molecular flexibility index (Phi) is 6.54. The van der Waals surface area contributed by atoms with E-state index in [-0.39, 0.29) is 23.2 Å². The summed E-state index contributed by atoms with van der Waals surface area (Å²) in [5.41, 5.74) is 8.07. The zero-order valence-electron chi connectivity index (χ0n) is 17.7. The van der Waals surface area contributed by atoms with Gasteiger partial charge in [-0.25, -0.2) is 15.0 Å². The summed E-state index contributed by atoms with van der Waals surface area (Å²) in [5.74, 6) is 0.234. The molecule has 0 spiro atoms. The molecule has 3 aromatic rings. The maximum Gasteiger partial charge on any atom is 0.222 e. The van der Waals surface area contributed by atoms with Gasteiger partial charge in [-0.15, -0.1) is 0 Å². The first-order valence-corrected chi connectivity index (χ1v) is 9.86. The fourth-order valence-electron chi connectivity index (χ4n) is 3.25. The molecule has 0 fully saturated rings. The van der Waals surface area contributed by atoms with Gasteiger partial charge in [0.1, 0.15) is 18.0 Å². The minimum Gasteiger partial charge on any atom is -0.474 e. The van der Waals surface area contributed by atoms with Crippen LogP contribution in [0.2, 0.25) is 0 Å². The second kappa shape index (κ2) is 9.29. The van der Waals surface area contributed by atoms with Gasteiger partial charge >= 0.3 is 0 Å². The molecule has 160 valence electrons. The molecule has 0 aliphatic rings. The predicted octanol–water partition coefficient (Wildman–Crippen LogP) is 3.60. The number of hydrogen-bond donors (Lipinski definition) is 5. The van der Waals surface area contributed by atoms with Crippen molar-refractivity contribution in [3.05, 3.63) is 47.4 Å². The molecular formula is C22H26N8O. The van der Waals surface area contributed by atoms with E-state index in [2.05, 4.69) is 15.3 Å². The predicted molar refractivity (Wildman–Crippen MR) is 124 cm³/mol. The number of aromatic nitrogens is 3. The van der Waals surface area contributed by atoms with Gasteiger partial charge in [-0.05, 0) is 37.8 Å². The lowest BCUT2D eigenvalue weighted by molar-refractivity contribution is 0.235. The Labute approximate surface area is 180 Å². The van der Waals surface area contributed by atoms with Gasteiger partial charge in [0, 0.05) is 17.8 Å². The summed E-state index contributed by atoms with van der Waals surface area (Å²) in [6.45, 7) is 6.26. The average Bonchev–Trinajstić information content (AvgIpc) is 2.72. The van der Waals surface area contributed by atoms with Gasteiger partial charge in [0.2, 0.25) is 5.88 Å². The number of nitrogens with zero attached hydrogens (tertiary/aromatic N) is 3. The number of nitrogens with two attached hydrogens (primary N) is 1. The molecule has 0 atom stereocenters. The standard InChI is InChI=1S/C22H26N8O/c1-12(2)31-22-17-13(3)5-4-6-14(17)7-16(30-22)10-27-21-18(20(26)28-11-29-21)19(25)15(8-23)9-24/h4-9,11-12,15,23-25H,10H2,1-3H3,(H3,26,27,28,29). The molecule has 0 bridgehead atoms. The highest BCUT2D eigenvalue weighted by Crippen LogP contribution is 2.29. The van der Waals surface area contributed by atoms with E-state index in [0.717, 1.165) is 34.5 Å². The van der Waals surface area contributed by atoms with Crippen molar-refractivity contribution in [2.45, 2.75) is 33.4 Å². The highest BCUT2D eigenvalue weighted by atomic mass is 16.5. The summed E-state index contributed by atoms with van der Waals surface area (Å²) >= 11 is 0. The minimum absolute atomic E-state index is 0.0171. The second-order valence-corrected chi connectivity index (χ2v) is 7.37. The Bertz CT molecular complexity index is 1130. The van der Waals surface area contributed by atoms with Crippen molar-refractivity contribution in [2.24, 2.45) is 5.92 Å². The van der Waals surface area contributed by atoms with Gasteiger partial charge in [0.25, 0.3) is 0 Å². The van der Waals surface area contributed by atoms with Crippen LogP contribution < -0.4 is 15.8 Å². The third-order valence-corrected chi connectivity index (χ3v) is 4.71. The molecule has 2 heterocycles. The Hall–Kier alpha value is -3.88. The van der Waals surface area contributed by atoms with Crippen LogP contribution in [0.5, 0.6) is 5.88 Å². The van der Waals surface area contributed by atoms with Crippen LogP contribution in [-0.4, -0.2) is 39.2 Å². The molecule has 0 unspecified atom stereocenters. The monoisotopic (exact) mass is 418 g/mol. The van der Waals surface area contributed by atoms with E-state index in [9.17, 15) is 0 Å². The Morgan fingerprint density at radius 3 is 2.65 bits per heavy atom. The largest absolute Gasteiger partial charge is 0.474 e. The molecule has 1 aromatic carbocycles. The number of anilines is 2. The number of ether oxygens (including phenoxy) is 1. The zero-order valence-corrected chi connectivity index (χ0v) is 17.7. The highest BCUT2D eigenvalue weighted by molar-refractivity contribution is 6.20. The van der Waals surface area contributed by atoms with Gasteiger partial charge in [-0.2, -0.15) is 0 Å². The van der Waals surface area contributed by atoms with E-state index in [1.807, 2.05) is 45.0 Å². The average molecular weight is 419 g/mol. The van der Waals surface area contributed by atoms with Crippen LogP contribution in [0.25, 0.3) is 10.8 Å². The smallest absolute Gasteiger partial charge is 0.222 e. The van der Waals surface area contributed by atoms with E-state index in [0.29, 0.717) is 18.2 Å². The summed E-state index contributed by atoms with van der Waals surface area (Å²) in [5, 5.41) is 28.4. The van der Waals surface area contributed by atoms with Crippen molar-refractivity contribution >= 4 is 40.5 Å².